The molecule has 0 spiro atoms. The molecule has 9 nitrogen and oxygen atoms in total. The van der Waals surface area contributed by atoms with Gasteiger partial charge in [0.15, 0.2) is 0 Å². The molecule has 3 aromatic heterocycles. The maximum Gasteiger partial charge on any atom is 0.145 e. The molecule has 0 aliphatic heterocycles. The van der Waals surface area contributed by atoms with Gasteiger partial charge in [-0.2, -0.15) is 5.10 Å². The Balaban J connectivity index is 1.56. The van der Waals surface area contributed by atoms with Gasteiger partial charge in [-0.1, -0.05) is 55.5 Å². The van der Waals surface area contributed by atoms with Crippen molar-refractivity contribution in [3.8, 4) is 39.8 Å². The van der Waals surface area contributed by atoms with E-state index in [0.29, 0.717) is 36.3 Å². The summed E-state index contributed by atoms with van der Waals surface area (Å²) >= 11 is 6.71. The second kappa shape index (κ2) is 13.3. The predicted molar refractivity (Wildman–Crippen MR) is 179 cm³/mol. The lowest BCUT2D eigenvalue weighted by Crippen LogP contribution is -2.22. The van der Waals surface area contributed by atoms with Gasteiger partial charge in [0.2, 0.25) is 0 Å². The van der Waals surface area contributed by atoms with Crippen molar-refractivity contribution in [2.45, 2.75) is 45.8 Å². The number of halogens is 1. The summed E-state index contributed by atoms with van der Waals surface area (Å²) in [6.07, 6.45) is 6.19. The summed E-state index contributed by atoms with van der Waals surface area (Å²) in [6, 6.07) is 16.4. The van der Waals surface area contributed by atoms with Crippen LogP contribution < -0.4 is 15.2 Å². The summed E-state index contributed by atoms with van der Waals surface area (Å²) < 4.78 is 20.9. The lowest BCUT2D eigenvalue weighted by Gasteiger charge is -2.16. The van der Waals surface area contributed by atoms with Gasteiger partial charge >= 0.3 is 0 Å². The van der Waals surface area contributed by atoms with Gasteiger partial charge in [-0.05, 0) is 30.7 Å². The highest BCUT2D eigenvalue weighted by Gasteiger charge is 2.22. The summed E-state index contributed by atoms with van der Waals surface area (Å²) in [5.74, 6) is 2.57. The predicted octanol–water partition coefficient (Wildman–Crippen LogP) is 7.26. The number of methoxy groups -OCH3 is 2. The quantitative estimate of drug-likeness (QED) is 0.114. The Morgan fingerprint density at radius 1 is 1.00 bits per heavy atom. The van der Waals surface area contributed by atoms with Crippen LogP contribution in [-0.4, -0.2) is 53.2 Å². The van der Waals surface area contributed by atoms with Crippen LogP contribution in [0, 0.1) is 6.92 Å². The molecular weight excluding hydrogens is 592 g/mol. The topological polar surface area (TPSA) is 102 Å². The molecule has 0 radical (unpaired) electrons. The molecule has 2 N–H and O–H groups in total. The van der Waals surface area contributed by atoms with Crippen LogP contribution in [0.25, 0.3) is 28.3 Å². The van der Waals surface area contributed by atoms with E-state index in [-0.39, 0.29) is 0 Å². The number of pyridine rings is 1. The number of nitrogens with zero attached hydrogens (tertiary/aromatic N) is 5. The summed E-state index contributed by atoms with van der Waals surface area (Å²) in [6.45, 7) is 10.2. The van der Waals surface area contributed by atoms with Crippen LogP contribution in [0.1, 0.15) is 16.8 Å². The molecule has 0 saturated heterocycles. The highest BCUT2D eigenvalue weighted by molar-refractivity contribution is 6.76. The number of ether oxygens (including phenoxy) is 3. The molecule has 5 rings (SSSR count). The molecule has 44 heavy (non-hydrogen) atoms. The second-order valence-corrected chi connectivity index (χ2v) is 17.9. The number of nitrogens with two attached hydrogens (primary N) is 1. The van der Waals surface area contributed by atoms with Gasteiger partial charge in [0, 0.05) is 63.0 Å². The number of benzene rings is 2. The molecule has 2 aromatic carbocycles. The monoisotopic (exact) mass is 630 g/mol. The minimum atomic E-state index is -1.21. The maximum absolute atomic E-state index is 6.71. The van der Waals surface area contributed by atoms with E-state index >= 15 is 0 Å². The van der Waals surface area contributed by atoms with E-state index in [0.717, 1.165) is 57.0 Å². The van der Waals surface area contributed by atoms with E-state index in [9.17, 15) is 0 Å². The lowest BCUT2D eigenvalue weighted by atomic mass is 10.0. The van der Waals surface area contributed by atoms with Crippen molar-refractivity contribution < 1.29 is 14.2 Å². The molecule has 5 aromatic rings. The molecule has 0 atom stereocenters. The lowest BCUT2D eigenvalue weighted by molar-refractivity contribution is 0.0883. The Labute approximate surface area is 264 Å². The zero-order chi connectivity index (χ0) is 31.4. The van der Waals surface area contributed by atoms with Crippen molar-refractivity contribution in [3.63, 3.8) is 0 Å². The standard InChI is InChI=1S/C33H39ClN6O3Si/c1-22-28(17-23-11-12-24(41-2)18-30(23)42-3)37-31(35)19-29(22)40-20-26(32(38-40)25-9-7-8-10-27(25)34)33-36-13-14-39(33)21-43-15-16-44(4,5)6/h7-14,18-20H,15-17,21H2,1-6H3,(H2,35,37). The molecule has 0 fully saturated rings. The summed E-state index contributed by atoms with van der Waals surface area (Å²) in [4.78, 5) is 9.41. The molecule has 0 aliphatic carbocycles. The average molecular weight is 631 g/mol. The zero-order valence-electron chi connectivity index (χ0n) is 26.1. The maximum atomic E-state index is 6.71. The fraction of sp³-hybridized carbons (Fsp3) is 0.303. The summed E-state index contributed by atoms with van der Waals surface area (Å²) in [7, 11) is 2.07. The van der Waals surface area contributed by atoms with Crippen molar-refractivity contribution in [1.29, 1.82) is 0 Å². The summed E-state index contributed by atoms with van der Waals surface area (Å²) in [5, 5.41) is 5.66. The van der Waals surface area contributed by atoms with Crippen molar-refractivity contribution >= 4 is 25.5 Å². The number of hydrogen-bond donors (Lipinski definition) is 1. The van der Waals surface area contributed by atoms with E-state index < -0.39 is 8.07 Å². The van der Waals surface area contributed by atoms with Gasteiger partial charge in [-0.25, -0.2) is 14.6 Å². The highest BCUT2D eigenvalue weighted by Crippen LogP contribution is 2.36. The van der Waals surface area contributed by atoms with Crippen molar-refractivity contribution in [2.24, 2.45) is 0 Å². The Kier molecular flexibility index (Phi) is 9.43. The Morgan fingerprint density at radius 2 is 1.80 bits per heavy atom. The average Bonchev–Trinajstić information content (AvgIpc) is 3.64. The molecule has 3 heterocycles. The van der Waals surface area contributed by atoms with E-state index in [1.165, 1.54) is 0 Å². The molecule has 230 valence electrons. The molecule has 11 heteroatoms. The number of aromatic nitrogens is 5. The van der Waals surface area contributed by atoms with E-state index in [1.807, 2.05) is 77.1 Å². The van der Waals surface area contributed by atoms with Crippen molar-refractivity contribution in [3.05, 3.63) is 89.0 Å². The first kappa shape index (κ1) is 31.3. The third kappa shape index (κ3) is 6.98. The minimum Gasteiger partial charge on any atom is -0.497 e. The molecule has 0 amide bonds. The van der Waals surface area contributed by atoms with Gasteiger partial charge in [0.05, 0.1) is 36.2 Å². The molecule has 0 unspecified atom stereocenters. The first-order valence-corrected chi connectivity index (χ1v) is 18.6. The third-order valence-electron chi connectivity index (χ3n) is 7.49. The van der Waals surface area contributed by atoms with Gasteiger partial charge in [-0.3, -0.25) is 0 Å². The van der Waals surface area contributed by atoms with Crippen LogP contribution in [0.5, 0.6) is 11.5 Å². The molecular formula is C33H39ClN6O3Si. The number of rotatable bonds is 12. The Morgan fingerprint density at radius 3 is 2.52 bits per heavy atom. The Bertz CT molecular complexity index is 1760. The largest absolute Gasteiger partial charge is 0.497 e. The minimum absolute atomic E-state index is 0.390. The molecule has 0 aliphatic rings. The number of imidazole rings is 1. The molecule has 0 bridgehead atoms. The number of hydrogen-bond acceptors (Lipinski definition) is 7. The zero-order valence-corrected chi connectivity index (χ0v) is 27.9. The highest BCUT2D eigenvalue weighted by atomic mass is 35.5. The smallest absolute Gasteiger partial charge is 0.145 e. The Hall–Kier alpha value is -4.12. The van der Waals surface area contributed by atoms with Crippen LogP contribution in [0.15, 0.2) is 67.1 Å². The fourth-order valence-corrected chi connectivity index (χ4v) is 5.95. The number of anilines is 1. The van der Waals surface area contributed by atoms with E-state index in [2.05, 4.69) is 19.6 Å². The fourth-order valence-electron chi connectivity index (χ4n) is 4.97. The van der Waals surface area contributed by atoms with E-state index in [1.54, 1.807) is 20.4 Å². The SMILES string of the molecule is COc1ccc(Cc2nc(N)cc(-n3cc(-c4nccn4COCC[Si](C)(C)C)c(-c4ccccc4Cl)n3)c2C)c(OC)c1. The van der Waals surface area contributed by atoms with Crippen LogP contribution in [-0.2, 0) is 17.9 Å². The van der Waals surface area contributed by atoms with Crippen LogP contribution >= 0.6 is 11.6 Å². The number of nitrogen functional groups attached to an aromatic ring is 1. The normalized spacial score (nSPS) is 11.6. The van der Waals surface area contributed by atoms with Crippen LogP contribution in [0.2, 0.25) is 30.7 Å². The van der Waals surface area contributed by atoms with Gasteiger partial charge in [0.1, 0.15) is 35.6 Å². The first-order chi connectivity index (χ1) is 21.1. The summed E-state index contributed by atoms with van der Waals surface area (Å²) in [5.41, 5.74) is 12.2. The van der Waals surface area contributed by atoms with Crippen LogP contribution in [0.3, 0.4) is 0 Å². The third-order valence-corrected chi connectivity index (χ3v) is 9.52. The van der Waals surface area contributed by atoms with Crippen LogP contribution in [0.4, 0.5) is 5.82 Å². The second-order valence-electron chi connectivity index (χ2n) is 11.9. The first-order valence-electron chi connectivity index (χ1n) is 14.5. The van der Waals surface area contributed by atoms with Crippen molar-refractivity contribution in [1.82, 2.24) is 24.3 Å². The van der Waals surface area contributed by atoms with Crippen molar-refractivity contribution in [2.75, 3.05) is 26.6 Å². The van der Waals surface area contributed by atoms with Gasteiger partial charge in [-0.15, -0.1) is 0 Å². The van der Waals surface area contributed by atoms with Gasteiger partial charge < -0.3 is 24.5 Å². The molecule has 0 saturated carbocycles. The van der Waals surface area contributed by atoms with Gasteiger partial charge in [0.25, 0.3) is 0 Å². The van der Waals surface area contributed by atoms with E-state index in [4.69, 9.17) is 46.6 Å².